The van der Waals surface area contributed by atoms with E-state index in [1.165, 1.54) is 23.9 Å². The van der Waals surface area contributed by atoms with Gasteiger partial charge in [0.1, 0.15) is 12.1 Å². The van der Waals surface area contributed by atoms with Gasteiger partial charge in [-0.15, -0.1) is 0 Å². The standard InChI is InChI=1S/C23H25N7O3/c1-3-29-20(15-4-5-15)12-21(28-29)27-23(31)33-30-9-8-16-10-18(6-7-19(16)30)32-22-11-17(13-24-2)25-14-26-22/h6-12,14-15,24H,3-5,13H2,1-2H3,(H,27,28,31). The summed E-state index contributed by atoms with van der Waals surface area (Å²) in [4.78, 5) is 26.3. The SMILES string of the molecule is CCn1nc(NC(=O)On2ccc3cc(Oc4cc(CNC)ncn4)ccc32)cc1C1CC1. The second kappa shape index (κ2) is 8.91. The molecule has 0 unspecified atom stereocenters. The Morgan fingerprint density at radius 1 is 1.18 bits per heavy atom. The minimum atomic E-state index is -0.603. The molecule has 10 heteroatoms. The maximum absolute atomic E-state index is 12.5. The number of amides is 1. The van der Waals surface area contributed by atoms with Gasteiger partial charge >= 0.3 is 6.09 Å². The largest absolute Gasteiger partial charge is 0.439 e. The van der Waals surface area contributed by atoms with Crippen LogP contribution < -0.4 is 20.2 Å². The first kappa shape index (κ1) is 21.0. The molecule has 1 aliphatic rings. The molecule has 0 bridgehead atoms. The Kier molecular flexibility index (Phi) is 5.66. The highest BCUT2D eigenvalue weighted by molar-refractivity contribution is 5.86. The van der Waals surface area contributed by atoms with Crippen LogP contribution in [0.1, 0.15) is 37.1 Å². The number of fused-ring (bicyclic) bond motifs is 1. The molecule has 3 aromatic heterocycles. The van der Waals surface area contributed by atoms with Crippen molar-refractivity contribution < 1.29 is 14.4 Å². The third kappa shape index (κ3) is 4.65. The van der Waals surface area contributed by atoms with Crippen LogP contribution in [0.2, 0.25) is 0 Å². The van der Waals surface area contributed by atoms with Crippen molar-refractivity contribution in [3.05, 3.63) is 60.3 Å². The van der Waals surface area contributed by atoms with E-state index in [0.29, 0.717) is 29.9 Å². The lowest BCUT2D eigenvalue weighted by Crippen LogP contribution is -2.24. The molecular weight excluding hydrogens is 422 g/mol. The van der Waals surface area contributed by atoms with Gasteiger partial charge in [0.25, 0.3) is 0 Å². The molecule has 0 saturated heterocycles. The van der Waals surface area contributed by atoms with Crippen LogP contribution in [-0.4, -0.2) is 37.6 Å². The minimum Gasteiger partial charge on any atom is -0.439 e. The number of carbonyl (C=O) groups is 1. The third-order valence-corrected chi connectivity index (χ3v) is 5.42. The van der Waals surface area contributed by atoms with Crippen LogP contribution in [-0.2, 0) is 13.1 Å². The van der Waals surface area contributed by atoms with Crippen molar-refractivity contribution in [3.8, 4) is 11.6 Å². The molecule has 33 heavy (non-hydrogen) atoms. The third-order valence-electron chi connectivity index (χ3n) is 5.42. The van der Waals surface area contributed by atoms with E-state index in [9.17, 15) is 4.79 Å². The summed E-state index contributed by atoms with van der Waals surface area (Å²) in [6, 6.07) is 11.0. The predicted octanol–water partition coefficient (Wildman–Crippen LogP) is 3.70. The topological polar surface area (TPSA) is 108 Å². The fourth-order valence-electron chi connectivity index (χ4n) is 3.74. The van der Waals surface area contributed by atoms with Crippen molar-refractivity contribution in [1.82, 2.24) is 29.8 Å². The van der Waals surface area contributed by atoms with Gasteiger partial charge in [0.05, 0.1) is 11.2 Å². The molecule has 1 aromatic carbocycles. The highest BCUT2D eigenvalue weighted by Crippen LogP contribution is 2.40. The van der Waals surface area contributed by atoms with E-state index >= 15 is 0 Å². The summed E-state index contributed by atoms with van der Waals surface area (Å²) in [5.41, 5.74) is 2.73. The van der Waals surface area contributed by atoms with Gasteiger partial charge in [0.15, 0.2) is 5.82 Å². The fraction of sp³-hybridized carbons (Fsp3) is 0.304. The van der Waals surface area contributed by atoms with Gasteiger partial charge in [-0.25, -0.2) is 14.8 Å². The van der Waals surface area contributed by atoms with Gasteiger partial charge in [-0.3, -0.25) is 10.00 Å². The number of ether oxygens (including phenoxy) is 1. The van der Waals surface area contributed by atoms with Crippen LogP contribution in [0.4, 0.5) is 10.6 Å². The molecule has 1 amide bonds. The Labute approximate surface area is 190 Å². The van der Waals surface area contributed by atoms with E-state index in [1.54, 1.807) is 18.3 Å². The molecule has 5 rings (SSSR count). The lowest BCUT2D eigenvalue weighted by molar-refractivity contribution is 0.153. The molecule has 0 radical (unpaired) electrons. The first-order chi connectivity index (χ1) is 16.1. The van der Waals surface area contributed by atoms with Crippen molar-refractivity contribution in [2.45, 2.75) is 38.8 Å². The summed E-state index contributed by atoms with van der Waals surface area (Å²) in [7, 11) is 1.85. The molecule has 2 N–H and O–H groups in total. The second-order valence-corrected chi connectivity index (χ2v) is 7.89. The van der Waals surface area contributed by atoms with Gasteiger partial charge in [-0.1, -0.05) is 0 Å². The van der Waals surface area contributed by atoms with Gasteiger partial charge in [-0.05, 0) is 51.1 Å². The van der Waals surface area contributed by atoms with Gasteiger partial charge < -0.3 is 14.9 Å². The smallest absolute Gasteiger partial charge is 0.437 e. The predicted molar refractivity (Wildman–Crippen MR) is 122 cm³/mol. The first-order valence-electron chi connectivity index (χ1n) is 10.9. The molecule has 1 saturated carbocycles. The van der Waals surface area contributed by atoms with Crippen LogP contribution in [0, 0.1) is 0 Å². The number of nitrogens with zero attached hydrogens (tertiary/aromatic N) is 5. The lowest BCUT2D eigenvalue weighted by Gasteiger charge is -2.08. The monoisotopic (exact) mass is 447 g/mol. The quantitative estimate of drug-likeness (QED) is 0.424. The summed E-state index contributed by atoms with van der Waals surface area (Å²) < 4.78 is 9.22. The summed E-state index contributed by atoms with van der Waals surface area (Å²) in [5.74, 6) is 2.13. The van der Waals surface area contributed by atoms with Gasteiger partial charge in [0.2, 0.25) is 5.88 Å². The maximum atomic E-state index is 12.5. The number of carbonyl (C=O) groups excluding carboxylic acids is 1. The number of nitrogens with one attached hydrogen (secondary N) is 2. The van der Waals surface area contributed by atoms with E-state index in [0.717, 1.165) is 28.8 Å². The maximum Gasteiger partial charge on any atom is 0.437 e. The Bertz CT molecular complexity index is 1290. The Balaban J connectivity index is 1.27. The molecule has 3 heterocycles. The molecule has 1 aliphatic carbocycles. The fourth-order valence-corrected chi connectivity index (χ4v) is 3.74. The Morgan fingerprint density at radius 2 is 2.06 bits per heavy atom. The van der Waals surface area contributed by atoms with Crippen molar-refractivity contribution in [1.29, 1.82) is 0 Å². The van der Waals surface area contributed by atoms with E-state index in [4.69, 9.17) is 9.57 Å². The highest BCUT2D eigenvalue weighted by Gasteiger charge is 2.28. The number of hydrogen-bond acceptors (Lipinski definition) is 7. The average molecular weight is 447 g/mol. The molecule has 0 aliphatic heterocycles. The zero-order valence-electron chi connectivity index (χ0n) is 18.5. The van der Waals surface area contributed by atoms with Crippen molar-refractivity contribution in [2.75, 3.05) is 12.4 Å². The zero-order chi connectivity index (χ0) is 22.8. The number of aromatic nitrogens is 5. The Hall–Kier alpha value is -3.92. The average Bonchev–Trinajstić information content (AvgIpc) is 3.46. The summed E-state index contributed by atoms with van der Waals surface area (Å²) in [6.45, 7) is 3.43. The van der Waals surface area contributed by atoms with Gasteiger partial charge in [-0.2, -0.15) is 9.83 Å². The van der Waals surface area contributed by atoms with Crippen LogP contribution in [0.25, 0.3) is 10.9 Å². The van der Waals surface area contributed by atoms with E-state index < -0.39 is 6.09 Å². The van der Waals surface area contributed by atoms with Crippen molar-refractivity contribution >= 4 is 22.8 Å². The molecule has 10 nitrogen and oxygen atoms in total. The summed E-state index contributed by atoms with van der Waals surface area (Å²) in [5, 5.41) is 11.1. The number of hydrogen-bond donors (Lipinski definition) is 2. The molecule has 4 aromatic rings. The van der Waals surface area contributed by atoms with E-state index in [2.05, 4.69) is 25.7 Å². The number of rotatable bonds is 8. The number of aryl methyl sites for hydroxylation is 1. The highest BCUT2D eigenvalue weighted by atomic mass is 16.7. The zero-order valence-corrected chi connectivity index (χ0v) is 18.5. The minimum absolute atomic E-state index is 0.460. The second-order valence-electron chi connectivity index (χ2n) is 7.89. The van der Waals surface area contributed by atoms with Crippen molar-refractivity contribution in [2.24, 2.45) is 0 Å². The normalized spacial score (nSPS) is 13.3. The van der Waals surface area contributed by atoms with E-state index in [-0.39, 0.29) is 0 Å². The van der Waals surface area contributed by atoms with Gasteiger partial charge in [0, 0.05) is 48.4 Å². The molecule has 0 spiro atoms. The Morgan fingerprint density at radius 3 is 2.85 bits per heavy atom. The van der Waals surface area contributed by atoms with E-state index in [1.807, 2.05) is 42.9 Å². The molecule has 1 fully saturated rings. The van der Waals surface area contributed by atoms with Crippen LogP contribution >= 0.6 is 0 Å². The van der Waals surface area contributed by atoms with Crippen LogP contribution in [0.5, 0.6) is 11.6 Å². The number of benzene rings is 1. The van der Waals surface area contributed by atoms with Crippen molar-refractivity contribution in [3.63, 3.8) is 0 Å². The lowest BCUT2D eigenvalue weighted by atomic mass is 10.2. The summed E-state index contributed by atoms with van der Waals surface area (Å²) in [6.07, 6.45) is 4.90. The van der Waals surface area contributed by atoms with Crippen LogP contribution in [0.3, 0.4) is 0 Å². The molecular formula is C23H25N7O3. The summed E-state index contributed by atoms with van der Waals surface area (Å²) >= 11 is 0. The molecule has 170 valence electrons. The number of anilines is 1. The first-order valence-corrected chi connectivity index (χ1v) is 10.9. The van der Waals surface area contributed by atoms with Crippen LogP contribution in [0.15, 0.2) is 48.9 Å². The molecule has 0 atom stereocenters.